The molecule has 0 aromatic heterocycles. The number of hydrogen-bond acceptors (Lipinski definition) is 7. The molecule has 0 spiro atoms. The van der Waals surface area contributed by atoms with E-state index >= 15 is 0 Å². The number of nitrogens with one attached hydrogen (secondary N) is 2. The molecular formula is C55H73N5O7+2. The average Bonchev–Trinajstić information content (AvgIpc) is 3.30. The Hall–Kier alpha value is -6.27. The van der Waals surface area contributed by atoms with Gasteiger partial charge in [0, 0.05) is 29.9 Å². The predicted octanol–water partition coefficient (Wildman–Crippen LogP) is 6.74. The lowest BCUT2D eigenvalue weighted by molar-refractivity contribution is -0.459. The van der Waals surface area contributed by atoms with Crippen molar-refractivity contribution in [2.24, 2.45) is 35.1 Å². The van der Waals surface area contributed by atoms with Crippen LogP contribution >= 0.6 is 0 Å². The minimum atomic E-state index is -0.924. The summed E-state index contributed by atoms with van der Waals surface area (Å²) in [4.78, 5) is 59.0. The first kappa shape index (κ1) is 51.7. The van der Waals surface area contributed by atoms with Crippen LogP contribution in [-0.2, 0) is 30.5 Å². The minimum absolute atomic E-state index is 0.0508. The maximum atomic E-state index is 14.3. The summed E-state index contributed by atoms with van der Waals surface area (Å²) >= 11 is 0. The van der Waals surface area contributed by atoms with Crippen molar-refractivity contribution >= 4 is 50.9 Å². The Morgan fingerprint density at radius 2 is 1.36 bits per heavy atom. The summed E-state index contributed by atoms with van der Waals surface area (Å²) in [6.45, 7) is 11.7. The lowest BCUT2D eigenvalue weighted by Crippen LogP contribution is -2.78. The first-order valence-electron chi connectivity index (χ1n) is 24.0. The topological polar surface area (TPSA) is 202 Å². The van der Waals surface area contributed by atoms with Gasteiger partial charge in [0.1, 0.15) is 24.7 Å². The number of hydrogen-bond donors (Lipinski definition) is 5. The van der Waals surface area contributed by atoms with E-state index < -0.39 is 29.8 Å². The quantitative estimate of drug-likeness (QED) is 0.0156. The van der Waals surface area contributed by atoms with Crippen molar-refractivity contribution in [3.05, 3.63) is 108 Å². The first-order chi connectivity index (χ1) is 32.2. The lowest BCUT2D eigenvalue weighted by Gasteiger charge is -2.24. The molecule has 5 aromatic rings. The van der Waals surface area contributed by atoms with Crippen molar-refractivity contribution in [2.45, 2.75) is 105 Å². The van der Waals surface area contributed by atoms with Crippen LogP contribution in [0.25, 0.3) is 32.7 Å². The number of Topliss-reactive ketones (excluding diaryl/α,β-unsaturated/α-hetero) is 2. The molecule has 0 fully saturated rings. The fourth-order valence-corrected chi connectivity index (χ4v) is 8.48. The lowest BCUT2D eigenvalue weighted by atomic mass is 9.89. The van der Waals surface area contributed by atoms with E-state index in [0.29, 0.717) is 57.0 Å². The van der Waals surface area contributed by atoms with E-state index in [4.69, 9.17) is 25.7 Å². The van der Waals surface area contributed by atoms with Crippen LogP contribution in [0.2, 0.25) is 0 Å². The number of quaternary nitrogens is 1. The molecule has 12 nitrogen and oxygen atoms in total. The highest BCUT2D eigenvalue weighted by molar-refractivity contribution is 6.10. The number of rotatable bonds is 28. The highest BCUT2D eigenvalue weighted by atomic mass is 16.5. The van der Waals surface area contributed by atoms with E-state index in [9.17, 15) is 19.2 Å². The van der Waals surface area contributed by atoms with Gasteiger partial charge in [0.25, 0.3) is 0 Å². The Morgan fingerprint density at radius 3 is 1.97 bits per heavy atom. The van der Waals surface area contributed by atoms with Gasteiger partial charge in [0.2, 0.25) is 5.91 Å². The summed E-state index contributed by atoms with van der Waals surface area (Å²) in [5.41, 5.74) is 18.9. The Labute approximate surface area is 396 Å². The molecule has 12 heteroatoms. The summed E-state index contributed by atoms with van der Waals surface area (Å²) in [6, 6.07) is 31.0. The second-order valence-electron chi connectivity index (χ2n) is 18.6. The van der Waals surface area contributed by atoms with Crippen LogP contribution in [-0.4, -0.2) is 61.7 Å². The van der Waals surface area contributed by atoms with Gasteiger partial charge in [-0.2, -0.15) is 0 Å². The molecule has 0 saturated heterocycles. The molecule has 5 rings (SSSR count). The van der Waals surface area contributed by atoms with Gasteiger partial charge >= 0.3 is 11.9 Å². The van der Waals surface area contributed by atoms with E-state index in [1.165, 1.54) is 0 Å². The fraction of sp³-hybridized carbons (Fsp3) is 0.436. The van der Waals surface area contributed by atoms with Crippen molar-refractivity contribution in [2.75, 3.05) is 26.3 Å². The Balaban J connectivity index is 1.37. The number of amides is 1. The number of carbonyl (C=O) groups is 4. The van der Waals surface area contributed by atoms with Gasteiger partial charge in [0.05, 0.1) is 31.7 Å². The standard InChI is InChI=1S/C55H71N5O7/c1-36(2)26-29-65-49-24-22-40-16-6-8-19-45(40)51(49)52-46-20-9-7-17-41(46)23-25-50(52)66-35-44(61)32-42(18-10-11-27-56)53(63)60-47(21-13-28-59-55(57)58)48(62)33-43(30-37(3)4)54(64)67-34-39-15-12-14-38(5)31-39/h6-9,12,14-17,19-20,22-25,31,36-37,42-43,47H,10-11,13,18,21,26-30,32-35,56H2,1-5H3,(H,60,63)(H4,57,58,59)/p+2/t42-,43+,47+/m0/s1. The average molecular weight is 916 g/mol. The molecule has 5 aromatic carbocycles. The summed E-state index contributed by atoms with van der Waals surface area (Å²) in [7, 11) is 0. The van der Waals surface area contributed by atoms with E-state index in [0.717, 1.165) is 62.4 Å². The van der Waals surface area contributed by atoms with Crippen molar-refractivity contribution in [1.29, 1.82) is 0 Å². The summed E-state index contributed by atoms with van der Waals surface area (Å²) < 4.78 is 18.7. The molecule has 0 aliphatic heterocycles. The maximum absolute atomic E-state index is 14.3. The predicted molar refractivity (Wildman–Crippen MR) is 266 cm³/mol. The molecule has 67 heavy (non-hydrogen) atoms. The number of benzene rings is 5. The molecule has 1 amide bonds. The first-order valence-corrected chi connectivity index (χ1v) is 24.0. The number of ketones is 2. The minimum Gasteiger partial charge on any atom is -0.493 e. The zero-order valence-electron chi connectivity index (χ0n) is 40.2. The van der Waals surface area contributed by atoms with E-state index in [2.05, 4.69) is 60.2 Å². The van der Waals surface area contributed by atoms with E-state index in [1.807, 2.05) is 87.5 Å². The fourth-order valence-electron chi connectivity index (χ4n) is 8.48. The van der Waals surface area contributed by atoms with Crippen LogP contribution in [0.3, 0.4) is 0 Å². The number of unbranched alkanes of at least 4 members (excludes halogenated alkanes) is 1. The molecule has 0 saturated carbocycles. The highest BCUT2D eigenvalue weighted by Gasteiger charge is 2.32. The van der Waals surface area contributed by atoms with Gasteiger partial charge in [0.15, 0.2) is 11.6 Å². The number of nitrogens with two attached hydrogens (primary N) is 2. The number of guanidine groups is 1. The monoisotopic (exact) mass is 916 g/mol. The van der Waals surface area contributed by atoms with Crippen LogP contribution < -0.4 is 37.0 Å². The molecule has 0 heterocycles. The Bertz CT molecular complexity index is 2460. The van der Waals surface area contributed by atoms with Gasteiger partial charge < -0.3 is 25.3 Å². The molecule has 3 atom stereocenters. The Morgan fingerprint density at radius 1 is 0.701 bits per heavy atom. The third kappa shape index (κ3) is 15.9. The summed E-state index contributed by atoms with van der Waals surface area (Å²) in [6.07, 6.45) is 3.71. The van der Waals surface area contributed by atoms with Gasteiger partial charge in [-0.3, -0.25) is 35.6 Å². The van der Waals surface area contributed by atoms with Crippen molar-refractivity contribution < 1.29 is 44.1 Å². The van der Waals surface area contributed by atoms with Gasteiger partial charge in [-0.05, 0) is 103 Å². The zero-order valence-corrected chi connectivity index (χ0v) is 40.2. The van der Waals surface area contributed by atoms with Crippen LogP contribution in [0, 0.1) is 30.6 Å². The summed E-state index contributed by atoms with van der Waals surface area (Å²) in [5, 5.41) is 7.02. The molecule has 0 bridgehead atoms. The number of aryl methyl sites for hydroxylation is 1. The highest BCUT2D eigenvalue weighted by Crippen LogP contribution is 2.45. The third-order valence-corrected chi connectivity index (χ3v) is 12.0. The number of carbonyl (C=O) groups excluding carboxylic acids is 4. The van der Waals surface area contributed by atoms with Gasteiger partial charge in [-0.15, -0.1) is 0 Å². The van der Waals surface area contributed by atoms with Crippen molar-refractivity contribution in [3.8, 4) is 22.6 Å². The second-order valence-corrected chi connectivity index (χ2v) is 18.6. The molecule has 0 radical (unpaired) electrons. The van der Waals surface area contributed by atoms with Crippen LogP contribution in [0.4, 0.5) is 0 Å². The van der Waals surface area contributed by atoms with Crippen LogP contribution in [0.15, 0.2) is 97.1 Å². The maximum Gasteiger partial charge on any atom is 0.338 e. The summed E-state index contributed by atoms with van der Waals surface area (Å²) in [5.74, 6) is -0.951. The molecular weight excluding hydrogens is 843 g/mol. The number of fused-ring (bicyclic) bond motifs is 2. The van der Waals surface area contributed by atoms with E-state index in [-0.39, 0.29) is 55.9 Å². The van der Waals surface area contributed by atoms with Crippen molar-refractivity contribution in [1.82, 2.24) is 5.32 Å². The van der Waals surface area contributed by atoms with Gasteiger partial charge in [-0.1, -0.05) is 118 Å². The van der Waals surface area contributed by atoms with Crippen molar-refractivity contribution in [3.63, 3.8) is 0 Å². The smallest absolute Gasteiger partial charge is 0.338 e. The molecule has 0 aliphatic rings. The normalized spacial score (nSPS) is 12.7. The number of ether oxygens (including phenoxy) is 3. The number of esters is 1. The molecule has 0 aliphatic carbocycles. The molecule has 358 valence electrons. The molecule has 0 unspecified atom stereocenters. The molecule has 9 N–H and O–H groups in total. The second kappa shape index (κ2) is 26.2. The van der Waals surface area contributed by atoms with Crippen LogP contribution in [0.5, 0.6) is 11.5 Å². The van der Waals surface area contributed by atoms with E-state index in [1.54, 1.807) is 0 Å². The Kier molecular flexibility index (Phi) is 20.2. The third-order valence-electron chi connectivity index (χ3n) is 12.0. The van der Waals surface area contributed by atoms with Gasteiger partial charge in [-0.25, -0.2) is 0 Å². The largest absolute Gasteiger partial charge is 0.493 e. The van der Waals surface area contributed by atoms with Crippen LogP contribution in [0.1, 0.15) is 96.6 Å². The zero-order chi connectivity index (χ0) is 48.3. The SMILES string of the molecule is Cc1cccc(COC(=O)[C@@H](CC(=O)[C@@H](CCC[NH+]=C(N)N)NC(=O)[C@@H](CCCC[NH3+])CC(=O)COc2ccc3ccccc3c2-c2c(OCCC(C)C)ccc3ccccc23)CC(C)C)c1.